The number of halogens is 3. The van der Waals surface area contributed by atoms with Crippen LogP contribution in [0.15, 0.2) is 18.2 Å². The summed E-state index contributed by atoms with van der Waals surface area (Å²) in [6.07, 6.45) is -5.51. The summed E-state index contributed by atoms with van der Waals surface area (Å²) < 4.78 is 41.4. The summed E-state index contributed by atoms with van der Waals surface area (Å²) in [5, 5.41) is 13.4. The first-order chi connectivity index (χ1) is 9.19. The summed E-state index contributed by atoms with van der Waals surface area (Å²) in [5.74, 6) is 0.0296. The Bertz CT molecular complexity index is 476. The van der Waals surface area contributed by atoms with Crippen LogP contribution in [0.1, 0.15) is 20.3 Å². The van der Waals surface area contributed by atoms with Gasteiger partial charge in [-0.25, -0.2) is 0 Å². The predicted molar refractivity (Wildman–Crippen MR) is 68.0 cm³/mol. The molecule has 0 saturated carbocycles. The Labute approximate surface area is 113 Å². The summed E-state index contributed by atoms with van der Waals surface area (Å²) >= 11 is 0. The van der Waals surface area contributed by atoms with Gasteiger partial charge in [-0.2, -0.15) is 13.2 Å². The molecule has 112 valence electrons. The molecule has 8 heteroatoms. The normalized spacial score (nSPS) is 11.5. The Hall–Kier alpha value is -1.99. The number of hydrogen-bond acceptors (Lipinski definition) is 4. The monoisotopic (exact) mass is 292 g/mol. The molecule has 0 radical (unpaired) electrons. The lowest BCUT2D eigenvalue weighted by Crippen LogP contribution is -2.14. The van der Waals surface area contributed by atoms with Crippen molar-refractivity contribution in [3.05, 3.63) is 28.3 Å². The first-order valence-corrected chi connectivity index (χ1v) is 5.95. The van der Waals surface area contributed by atoms with E-state index in [0.29, 0.717) is 5.69 Å². The molecule has 0 amide bonds. The Morgan fingerprint density at radius 3 is 2.55 bits per heavy atom. The van der Waals surface area contributed by atoms with Gasteiger partial charge in [0.05, 0.1) is 17.4 Å². The summed E-state index contributed by atoms with van der Waals surface area (Å²) in [4.78, 5) is 10.2. The predicted octanol–water partition coefficient (Wildman–Crippen LogP) is 3.75. The highest BCUT2D eigenvalue weighted by Gasteiger charge is 2.26. The maximum atomic E-state index is 12.0. The van der Waals surface area contributed by atoms with E-state index in [1.54, 1.807) is 13.8 Å². The third-order valence-corrected chi connectivity index (χ3v) is 2.26. The Morgan fingerprint density at radius 1 is 1.40 bits per heavy atom. The second-order valence-corrected chi connectivity index (χ2v) is 4.40. The van der Waals surface area contributed by atoms with E-state index >= 15 is 0 Å². The standard InChI is InChI=1S/C12H15F3N2O3/c1-8(2)20-11-7-9(3-4-10(11)17(18)19)16-6-5-12(13,14)15/h3-4,7-8,16H,5-6H2,1-2H3. The molecule has 1 rings (SSSR count). The van der Waals surface area contributed by atoms with Gasteiger partial charge in [-0.1, -0.05) is 0 Å². The molecule has 0 saturated heterocycles. The number of nitro groups is 1. The fraction of sp³-hybridized carbons (Fsp3) is 0.500. The molecule has 5 nitrogen and oxygen atoms in total. The van der Waals surface area contributed by atoms with Crippen LogP contribution in [-0.2, 0) is 0 Å². The molecule has 1 aromatic rings. The van der Waals surface area contributed by atoms with E-state index in [4.69, 9.17) is 4.74 Å². The van der Waals surface area contributed by atoms with Crippen LogP contribution in [0.3, 0.4) is 0 Å². The molecule has 1 N–H and O–H groups in total. The molecule has 0 aromatic heterocycles. The molecule has 0 atom stereocenters. The second-order valence-electron chi connectivity index (χ2n) is 4.40. The van der Waals surface area contributed by atoms with Crippen molar-refractivity contribution in [2.75, 3.05) is 11.9 Å². The van der Waals surface area contributed by atoms with E-state index in [1.807, 2.05) is 0 Å². The molecule has 0 aliphatic carbocycles. The Morgan fingerprint density at radius 2 is 2.05 bits per heavy atom. The van der Waals surface area contributed by atoms with Gasteiger partial charge in [0.1, 0.15) is 0 Å². The fourth-order valence-electron chi connectivity index (χ4n) is 1.47. The number of nitro benzene ring substituents is 1. The van der Waals surface area contributed by atoms with Gasteiger partial charge in [0.25, 0.3) is 0 Å². The molecule has 0 aliphatic heterocycles. The van der Waals surface area contributed by atoms with Gasteiger partial charge in [0.15, 0.2) is 5.75 Å². The number of nitrogens with one attached hydrogen (secondary N) is 1. The van der Waals surface area contributed by atoms with Gasteiger partial charge >= 0.3 is 11.9 Å². The molecule has 0 bridgehead atoms. The van der Waals surface area contributed by atoms with Gasteiger partial charge < -0.3 is 10.1 Å². The van der Waals surface area contributed by atoms with Gasteiger partial charge in [0, 0.05) is 24.4 Å². The van der Waals surface area contributed by atoms with E-state index < -0.39 is 17.5 Å². The first kappa shape index (κ1) is 16.1. The number of hydrogen-bond donors (Lipinski definition) is 1. The molecular weight excluding hydrogens is 277 g/mol. The highest BCUT2D eigenvalue weighted by Crippen LogP contribution is 2.31. The lowest BCUT2D eigenvalue weighted by atomic mass is 10.2. The highest BCUT2D eigenvalue weighted by atomic mass is 19.4. The maximum Gasteiger partial charge on any atom is 0.390 e. The zero-order valence-corrected chi connectivity index (χ0v) is 11.0. The highest BCUT2D eigenvalue weighted by molar-refractivity contribution is 5.58. The van der Waals surface area contributed by atoms with Crippen LogP contribution in [0.5, 0.6) is 5.75 Å². The van der Waals surface area contributed by atoms with E-state index in [-0.39, 0.29) is 24.1 Å². The van der Waals surface area contributed by atoms with Gasteiger partial charge in [0.2, 0.25) is 0 Å². The lowest BCUT2D eigenvalue weighted by Gasteiger charge is -2.13. The van der Waals surface area contributed by atoms with Crippen LogP contribution in [-0.4, -0.2) is 23.7 Å². The summed E-state index contributed by atoms with van der Waals surface area (Å²) in [7, 11) is 0. The SMILES string of the molecule is CC(C)Oc1cc(NCCC(F)(F)F)ccc1[N+](=O)[O-]. The van der Waals surface area contributed by atoms with Crippen molar-refractivity contribution in [1.82, 2.24) is 0 Å². The topological polar surface area (TPSA) is 64.4 Å². The molecule has 0 heterocycles. The van der Waals surface area contributed by atoms with Crippen LogP contribution >= 0.6 is 0 Å². The molecule has 20 heavy (non-hydrogen) atoms. The van der Waals surface area contributed by atoms with Crippen molar-refractivity contribution >= 4 is 11.4 Å². The van der Waals surface area contributed by atoms with Crippen LogP contribution in [0.4, 0.5) is 24.5 Å². The third kappa shape index (κ3) is 5.33. The van der Waals surface area contributed by atoms with Crippen LogP contribution in [0.25, 0.3) is 0 Å². The fourth-order valence-corrected chi connectivity index (χ4v) is 1.47. The van der Waals surface area contributed by atoms with Crippen molar-refractivity contribution in [2.24, 2.45) is 0 Å². The number of rotatable bonds is 6. The molecular formula is C12H15F3N2O3. The smallest absolute Gasteiger partial charge is 0.390 e. The number of alkyl halides is 3. The minimum absolute atomic E-state index is 0.0296. The quantitative estimate of drug-likeness (QED) is 0.640. The minimum Gasteiger partial charge on any atom is -0.484 e. The van der Waals surface area contributed by atoms with Crippen molar-refractivity contribution < 1.29 is 22.8 Å². The van der Waals surface area contributed by atoms with Crippen LogP contribution < -0.4 is 10.1 Å². The maximum absolute atomic E-state index is 12.0. The zero-order valence-electron chi connectivity index (χ0n) is 11.0. The van der Waals surface area contributed by atoms with Crippen LogP contribution in [0, 0.1) is 10.1 Å². The van der Waals surface area contributed by atoms with Gasteiger partial charge in [-0.15, -0.1) is 0 Å². The third-order valence-electron chi connectivity index (χ3n) is 2.26. The van der Waals surface area contributed by atoms with Gasteiger partial charge in [-0.05, 0) is 19.9 Å². The molecule has 0 spiro atoms. The molecule has 0 aliphatic rings. The number of ether oxygens (including phenoxy) is 1. The van der Waals surface area contributed by atoms with Crippen molar-refractivity contribution in [2.45, 2.75) is 32.5 Å². The number of nitrogens with zero attached hydrogens (tertiary/aromatic N) is 1. The summed E-state index contributed by atoms with van der Waals surface area (Å²) in [6.45, 7) is 3.10. The Kier molecular flexibility index (Phi) is 5.18. The van der Waals surface area contributed by atoms with E-state index in [0.717, 1.165) is 0 Å². The van der Waals surface area contributed by atoms with E-state index in [9.17, 15) is 23.3 Å². The Balaban J connectivity index is 2.81. The second kappa shape index (κ2) is 6.44. The van der Waals surface area contributed by atoms with E-state index in [1.165, 1.54) is 18.2 Å². The minimum atomic E-state index is -4.25. The largest absolute Gasteiger partial charge is 0.484 e. The number of anilines is 1. The zero-order chi connectivity index (χ0) is 15.3. The average molecular weight is 292 g/mol. The van der Waals surface area contributed by atoms with Crippen molar-refractivity contribution in [1.29, 1.82) is 0 Å². The summed E-state index contributed by atoms with van der Waals surface area (Å²) in [6, 6.07) is 3.88. The van der Waals surface area contributed by atoms with E-state index in [2.05, 4.69) is 5.32 Å². The molecule has 1 aromatic carbocycles. The average Bonchev–Trinajstić information content (AvgIpc) is 2.26. The lowest BCUT2D eigenvalue weighted by molar-refractivity contribution is -0.386. The first-order valence-electron chi connectivity index (χ1n) is 5.95. The summed E-state index contributed by atoms with van der Waals surface area (Å²) in [5.41, 5.74) is 0.121. The molecule has 0 unspecified atom stereocenters. The molecule has 0 fully saturated rings. The van der Waals surface area contributed by atoms with Crippen LogP contribution in [0.2, 0.25) is 0 Å². The van der Waals surface area contributed by atoms with Gasteiger partial charge in [-0.3, -0.25) is 10.1 Å². The number of benzene rings is 1. The van der Waals surface area contributed by atoms with Crippen molar-refractivity contribution in [3.8, 4) is 5.75 Å². The van der Waals surface area contributed by atoms with Crippen molar-refractivity contribution in [3.63, 3.8) is 0 Å².